The molecular formula is C10H16O3. The highest BCUT2D eigenvalue weighted by atomic mass is 16.5. The van der Waals surface area contributed by atoms with Crippen LogP contribution >= 0.6 is 0 Å². The van der Waals surface area contributed by atoms with E-state index in [0.29, 0.717) is 18.8 Å². The van der Waals surface area contributed by atoms with Gasteiger partial charge in [-0.3, -0.25) is 0 Å². The maximum absolute atomic E-state index is 11.4. The third-order valence-electron chi connectivity index (χ3n) is 2.01. The minimum atomic E-state index is -0.224. The molecule has 0 radical (unpaired) electrons. The van der Waals surface area contributed by atoms with Crippen LogP contribution in [-0.2, 0) is 14.3 Å². The zero-order chi connectivity index (χ0) is 9.68. The lowest BCUT2D eigenvalue weighted by Crippen LogP contribution is -2.18. The van der Waals surface area contributed by atoms with Gasteiger partial charge in [-0.15, -0.1) is 0 Å². The highest BCUT2D eigenvalue weighted by Gasteiger charge is 2.25. The van der Waals surface area contributed by atoms with Crippen LogP contribution in [0.4, 0.5) is 0 Å². The fraction of sp³-hybridized carbons (Fsp3) is 0.700. The molecule has 1 unspecified atom stereocenters. The Bertz CT molecular complexity index is 208. The van der Waals surface area contributed by atoms with Crippen molar-refractivity contribution in [2.24, 2.45) is 0 Å². The second-order valence-corrected chi connectivity index (χ2v) is 2.99. The molecule has 0 aliphatic carbocycles. The van der Waals surface area contributed by atoms with Crippen LogP contribution in [0.1, 0.15) is 26.7 Å². The predicted octanol–water partition coefficient (Wildman–Crippen LogP) is 1.67. The Balaban J connectivity index is 2.51. The number of hydrogen-bond donors (Lipinski definition) is 0. The van der Waals surface area contributed by atoms with E-state index in [1.165, 1.54) is 0 Å². The van der Waals surface area contributed by atoms with E-state index < -0.39 is 0 Å². The van der Waals surface area contributed by atoms with Gasteiger partial charge in [-0.05, 0) is 19.4 Å². The summed E-state index contributed by atoms with van der Waals surface area (Å²) in [5.41, 5.74) is 0.698. The quantitative estimate of drug-likeness (QED) is 0.623. The first-order valence-electron chi connectivity index (χ1n) is 4.78. The molecule has 1 heterocycles. The molecule has 0 aromatic heterocycles. The first kappa shape index (κ1) is 10.3. The summed E-state index contributed by atoms with van der Waals surface area (Å²) < 4.78 is 10.3. The van der Waals surface area contributed by atoms with Crippen molar-refractivity contribution in [1.82, 2.24) is 0 Å². The molecule has 1 rings (SSSR count). The summed E-state index contributed by atoms with van der Waals surface area (Å²) in [7, 11) is 0. The van der Waals surface area contributed by atoms with Gasteiger partial charge in [0.15, 0.2) is 0 Å². The van der Waals surface area contributed by atoms with Crippen molar-refractivity contribution in [3.63, 3.8) is 0 Å². The number of esters is 1. The fourth-order valence-electron chi connectivity index (χ4n) is 1.41. The lowest BCUT2D eigenvalue weighted by Gasteiger charge is -2.12. The molecule has 0 N–H and O–H groups in total. The summed E-state index contributed by atoms with van der Waals surface area (Å²) in [6.07, 6.45) is 3.69. The smallest absolute Gasteiger partial charge is 0.336 e. The molecule has 1 aliphatic rings. The van der Waals surface area contributed by atoms with Crippen LogP contribution in [-0.4, -0.2) is 25.3 Å². The Morgan fingerprint density at radius 3 is 3.08 bits per heavy atom. The molecule has 0 aromatic rings. The monoisotopic (exact) mass is 184 g/mol. The van der Waals surface area contributed by atoms with Gasteiger partial charge in [0.05, 0.1) is 24.9 Å². The van der Waals surface area contributed by atoms with Gasteiger partial charge in [0.25, 0.3) is 0 Å². The Labute approximate surface area is 78.7 Å². The van der Waals surface area contributed by atoms with Gasteiger partial charge in [0.1, 0.15) is 0 Å². The Morgan fingerprint density at radius 1 is 1.69 bits per heavy atom. The average Bonchev–Trinajstić information content (AvgIpc) is 2.54. The fourth-order valence-corrected chi connectivity index (χ4v) is 1.41. The van der Waals surface area contributed by atoms with Crippen LogP contribution in [0.25, 0.3) is 0 Å². The van der Waals surface area contributed by atoms with Gasteiger partial charge < -0.3 is 9.47 Å². The second kappa shape index (κ2) is 5.02. The summed E-state index contributed by atoms with van der Waals surface area (Å²) >= 11 is 0. The van der Waals surface area contributed by atoms with Gasteiger partial charge >= 0.3 is 5.97 Å². The van der Waals surface area contributed by atoms with E-state index in [9.17, 15) is 4.79 Å². The first-order chi connectivity index (χ1) is 6.29. The van der Waals surface area contributed by atoms with Crippen molar-refractivity contribution in [2.75, 3.05) is 13.2 Å². The summed E-state index contributed by atoms with van der Waals surface area (Å²) in [5, 5.41) is 0. The Morgan fingerprint density at radius 2 is 2.46 bits per heavy atom. The zero-order valence-corrected chi connectivity index (χ0v) is 8.21. The minimum absolute atomic E-state index is 0.0379. The van der Waals surface area contributed by atoms with Crippen molar-refractivity contribution >= 4 is 5.97 Å². The molecule has 74 valence electrons. The van der Waals surface area contributed by atoms with E-state index in [4.69, 9.17) is 9.47 Å². The van der Waals surface area contributed by atoms with Crippen LogP contribution in [0.15, 0.2) is 11.6 Å². The van der Waals surface area contributed by atoms with Crippen molar-refractivity contribution in [3.8, 4) is 0 Å². The number of rotatable bonds is 4. The van der Waals surface area contributed by atoms with Gasteiger partial charge in [0, 0.05) is 0 Å². The SMILES string of the molecule is CCCC1OCC=C1C(=O)OCC. The van der Waals surface area contributed by atoms with Crippen LogP contribution in [0.3, 0.4) is 0 Å². The standard InChI is InChI=1S/C10H16O3/c1-3-5-9-8(6-7-13-9)10(11)12-4-2/h6,9H,3-5,7H2,1-2H3. The third-order valence-corrected chi connectivity index (χ3v) is 2.01. The van der Waals surface area contributed by atoms with E-state index in [-0.39, 0.29) is 12.1 Å². The third kappa shape index (κ3) is 2.56. The molecule has 0 aromatic carbocycles. The molecule has 3 heteroatoms. The Hall–Kier alpha value is -0.830. The topological polar surface area (TPSA) is 35.5 Å². The molecule has 0 fully saturated rings. The van der Waals surface area contributed by atoms with E-state index in [1.807, 2.05) is 13.0 Å². The van der Waals surface area contributed by atoms with E-state index >= 15 is 0 Å². The highest BCUT2D eigenvalue weighted by molar-refractivity contribution is 5.90. The molecule has 13 heavy (non-hydrogen) atoms. The van der Waals surface area contributed by atoms with Crippen LogP contribution < -0.4 is 0 Å². The lowest BCUT2D eigenvalue weighted by atomic mass is 10.1. The van der Waals surface area contributed by atoms with Gasteiger partial charge in [-0.2, -0.15) is 0 Å². The normalized spacial score (nSPS) is 21.4. The zero-order valence-electron chi connectivity index (χ0n) is 8.21. The van der Waals surface area contributed by atoms with E-state index in [2.05, 4.69) is 6.92 Å². The number of ether oxygens (including phenoxy) is 2. The van der Waals surface area contributed by atoms with Crippen molar-refractivity contribution in [1.29, 1.82) is 0 Å². The number of hydrogen-bond acceptors (Lipinski definition) is 3. The maximum atomic E-state index is 11.4. The number of carbonyl (C=O) groups is 1. The predicted molar refractivity (Wildman–Crippen MR) is 49.4 cm³/mol. The molecule has 0 saturated carbocycles. The minimum Gasteiger partial charge on any atom is -0.463 e. The van der Waals surface area contributed by atoms with Gasteiger partial charge in [0.2, 0.25) is 0 Å². The Kier molecular flexibility index (Phi) is 3.96. The van der Waals surface area contributed by atoms with Crippen molar-refractivity contribution in [2.45, 2.75) is 32.8 Å². The molecule has 0 bridgehead atoms. The molecule has 1 aliphatic heterocycles. The van der Waals surface area contributed by atoms with Crippen LogP contribution in [0.2, 0.25) is 0 Å². The second-order valence-electron chi connectivity index (χ2n) is 2.99. The molecule has 3 nitrogen and oxygen atoms in total. The lowest BCUT2D eigenvalue weighted by molar-refractivity contribution is -0.139. The average molecular weight is 184 g/mol. The van der Waals surface area contributed by atoms with Crippen molar-refractivity contribution in [3.05, 3.63) is 11.6 Å². The summed E-state index contributed by atoms with van der Waals surface area (Å²) in [5.74, 6) is -0.224. The summed E-state index contributed by atoms with van der Waals surface area (Å²) in [6, 6.07) is 0. The number of carbonyl (C=O) groups excluding carboxylic acids is 1. The maximum Gasteiger partial charge on any atom is 0.336 e. The largest absolute Gasteiger partial charge is 0.463 e. The molecule has 1 atom stereocenters. The van der Waals surface area contributed by atoms with Crippen molar-refractivity contribution < 1.29 is 14.3 Å². The summed E-state index contributed by atoms with van der Waals surface area (Å²) in [4.78, 5) is 11.4. The van der Waals surface area contributed by atoms with Crippen LogP contribution in [0, 0.1) is 0 Å². The molecular weight excluding hydrogens is 168 g/mol. The summed E-state index contributed by atoms with van der Waals surface area (Å²) in [6.45, 7) is 4.85. The van der Waals surface area contributed by atoms with E-state index in [1.54, 1.807) is 0 Å². The van der Waals surface area contributed by atoms with E-state index in [0.717, 1.165) is 12.8 Å². The molecule has 0 amide bonds. The molecule has 0 saturated heterocycles. The van der Waals surface area contributed by atoms with Crippen LogP contribution in [0.5, 0.6) is 0 Å². The highest BCUT2D eigenvalue weighted by Crippen LogP contribution is 2.20. The van der Waals surface area contributed by atoms with Gasteiger partial charge in [-0.25, -0.2) is 4.79 Å². The van der Waals surface area contributed by atoms with Gasteiger partial charge in [-0.1, -0.05) is 13.3 Å². The molecule has 0 spiro atoms. The first-order valence-corrected chi connectivity index (χ1v) is 4.78.